The first-order valence-corrected chi connectivity index (χ1v) is 12.9. The topological polar surface area (TPSA) is 82.7 Å². The van der Waals surface area contributed by atoms with Crippen molar-refractivity contribution in [1.29, 1.82) is 0 Å². The Kier molecular flexibility index (Phi) is 7.49. The zero-order chi connectivity index (χ0) is 26.9. The van der Waals surface area contributed by atoms with E-state index in [-0.39, 0.29) is 25.1 Å². The number of benzene rings is 2. The van der Waals surface area contributed by atoms with Gasteiger partial charge in [-0.2, -0.15) is 18.3 Å². The number of nitrogens with zero attached hydrogens (tertiary/aromatic N) is 3. The van der Waals surface area contributed by atoms with Crippen molar-refractivity contribution in [2.75, 3.05) is 57.9 Å². The van der Waals surface area contributed by atoms with Crippen molar-refractivity contribution in [3.05, 3.63) is 41.6 Å². The molecule has 0 radical (unpaired) electrons. The van der Waals surface area contributed by atoms with E-state index in [9.17, 15) is 18.0 Å². The molecule has 0 saturated carbocycles. The molecule has 2 aliphatic heterocycles. The van der Waals surface area contributed by atoms with Gasteiger partial charge in [0.2, 0.25) is 0 Å². The largest absolute Gasteiger partial charge is 0.489 e. The highest BCUT2D eigenvalue weighted by atomic mass is 19.4. The van der Waals surface area contributed by atoms with Crippen LogP contribution in [0.4, 0.5) is 18.9 Å². The molecule has 2 N–H and O–H groups in total. The molecule has 0 atom stereocenters. The number of ether oxygens (including phenoxy) is 2. The number of piperazine rings is 1. The third kappa shape index (κ3) is 5.73. The first-order valence-electron chi connectivity index (χ1n) is 12.9. The average molecular weight is 532 g/mol. The van der Waals surface area contributed by atoms with Gasteiger partial charge in [-0.25, -0.2) is 0 Å². The van der Waals surface area contributed by atoms with Crippen LogP contribution in [0.15, 0.2) is 30.3 Å². The molecule has 2 saturated heterocycles. The van der Waals surface area contributed by atoms with Crippen LogP contribution in [0.2, 0.25) is 0 Å². The summed E-state index contributed by atoms with van der Waals surface area (Å²) in [6, 6.07) is 9.60. The lowest BCUT2D eigenvalue weighted by molar-refractivity contribution is -0.146. The second-order valence-corrected chi connectivity index (χ2v) is 9.82. The SMILES string of the molecule is CNC(=O)c1ccc(-c2cc(OC3CCOCC3)c3c(C)n[nH]c3c2)cc1N1CCN(CC(F)(F)F)CC1. The highest BCUT2D eigenvalue weighted by molar-refractivity contribution is 6.01. The number of nitrogens with one attached hydrogen (secondary N) is 2. The summed E-state index contributed by atoms with van der Waals surface area (Å²) in [4.78, 5) is 16.1. The fraction of sp³-hybridized carbons (Fsp3) is 0.481. The molecule has 1 amide bonds. The maximum Gasteiger partial charge on any atom is 0.401 e. The molecule has 3 aromatic rings. The summed E-state index contributed by atoms with van der Waals surface area (Å²) < 4.78 is 50.5. The molecule has 1 aromatic heterocycles. The number of rotatable bonds is 6. The third-order valence-electron chi connectivity index (χ3n) is 7.19. The minimum Gasteiger partial charge on any atom is -0.489 e. The van der Waals surface area contributed by atoms with Gasteiger partial charge in [0.05, 0.1) is 47.6 Å². The van der Waals surface area contributed by atoms with Crippen LogP contribution >= 0.6 is 0 Å². The Morgan fingerprint density at radius 1 is 1.13 bits per heavy atom. The van der Waals surface area contributed by atoms with E-state index < -0.39 is 12.7 Å². The first kappa shape index (κ1) is 26.3. The molecule has 2 fully saturated rings. The van der Waals surface area contributed by atoms with Crippen LogP contribution in [0.3, 0.4) is 0 Å². The summed E-state index contributed by atoms with van der Waals surface area (Å²) in [7, 11) is 1.57. The normalized spacial score (nSPS) is 17.7. The van der Waals surface area contributed by atoms with Crippen LogP contribution < -0.4 is 15.0 Å². The van der Waals surface area contributed by atoms with Crippen molar-refractivity contribution in [2.24, 2.45) is 0 Å². The highest BCUT2D eigenvalue weighted by Crippen LogP contribution is 2.37. The highest BCUT2D eigenvalue weighted by Gasteiger charge is 2.32. The van der Waals surface area contributed by atoms with Gasteiger partial charge in [-0.05, 0) is 42.3 Å². The van der Waals surface area contributed by atoms with Gasteiger partial charge in [0.1, 0.15) is 11.9 Å². The summed E-state index contributed by atoms with van der Waals surface area (Å²) in [5.41, 5.74) is 4.64. The zero-order valence-electron chi connectivity index (χ0n) is 21.5. The summed E-state index contributed by atoms with van der Waals surface area (Å²) in [6.07, 6.45) is -2.55. The third-order valence-corrected chi connectivity index (χ3v) is 7.19. The lowest BCUT2D eigenvalue weighted by Crippen LogP contribution is -2.49. The van der Waals surface area contributed by atoms with Gasteiger partial charge in [-0.1, -0.05) is 6.07 Å². The minimum absolute atomic E-state index is 0.0516. The van der Waals surface area contributed by atoms with Crippen LogP contribution in [0, 0.1) is 6.92 Å². The Balaban J connectivity index is 1.48. The van der Waals surface area contributed by atoms with Crippen molar-refractivity contribution < 1.29 is 27.4 Å². The van der Waals surface area contributed by atoms with Gasteiger partial charge in [-0.15, -0.1) is 0 Å². The Hall–Kier alpha value is -3.31. The van der Waals surface area contributed by atoms with Gasteiger partial charge in [0.25, 0.3) is 5.91 Å². The fourth-order valence-corrected chi connectivity index (χ4v) is 5.21. The van der Waals surface area contributed by atoms with E-state index in [1.165, 1.54) is 4.90 Å². The molecule has 2 aliphatic rings. The van der Waals surface area contributed by atoms with Crippen LogP contribution in [0.1, 0.15) is 28.9 Å². The van der Waals surface area contributed by atoms with Gasteiger partial charge in [-0.3, -0.25) is 14.8 Å². The van der Waals surface area contributed by atoms with Gasteiger partial charge in [0, 0.05) is 46.1 Å². The van der Waals surface area contributed by atoms with Crippen LogP contribution in [-0.4, -0.2) is 86.3 Å². The summed E-state index contributed by atoms with van der Waals surface area (Å²) in [5, 5.41) is 11.1. The smallest absolute Gasteiger partial charge is 0.401 e. The van der Waals surface area contributed by atoms with Crippen molar-refractivity contribution >= 4 is 22.5 Å². The number of carbonyl (C=O) groups excluding carboxylic acids is 1. The lowest BCUT2D eigenvalue weighted by Gasteiger charge is -2.37. The molecule has 5 rings (SSSR count). The maximum atomic E-state index is 12.9. The predicted molar refractivity (Wildman–Crippen MR) is 139 cm³/mol. The van der Waals surface area contributed by atoms with E-state index in [2.05, 4.69) is 15.5 Å². The zero-order valence-corrected chi connectivity index (χ0v) is 21.5. The van der Waals surface area contributed by atoms with Gasteiger partial charge >= 0.3 is 6.18 Å². The molecule has 0 unspecified atom stereocenters. The number of halogens is 3. The lowest BCUT2D eigenvalue weighted by atomic mass is 9.99. The molecule has 204 valence electrons. The number of aromatic nitrogens is 2. The number of aromatic amines is 1. The molecule has 8 nitrogen and oxygen atoms in total. The molecule has 0 aliphatic carbocycles. The van der Waals surface area contributed by atoms with E-state index in [1.54, 1.807) is 13.1 Å². The molecule has 11 heteroatoms. The van der Waals surface area contributed by atoms with E-state index in [0.29, 0.717) is 37.6 Å². The van der Waals surface area contributed by atoms with E-state index in [1.807, 2.05) is 36.1 Å². The summed E-state index contributed by atoms with van der Waals surface area (Å²) in [5.74, 6) is 0.501. The number of fused-ring (bicyclic) bond motifs is 1. The maximum absolute atomic E-state index is 12.9. The minimum atomic E-state index is -4.23. The van der Waals surface area contributed by atoms with Gasteiger partial charge < -0.3 is 19.7 Å². The number of alkyl halides is 3. The van der Waals surface area contributed by atoms with Crippen molar-refractivity contribution in [3.63, 3.8) is 0 Å². The Morgan fingerprint density at radius 2 is 1.87 bits per heavy atom. The molecule has 3 heterocycles. The predicted octanol–water partition coefficient (Wildman–Crippen LogP) is 4.14. The number of anilines is 1. The Morgan fingerprint density at radius 3 is 2.55 bits per heavy atom. The number of hydrogen-bond acceptors (Lipinski definition) is 6. The number of hydrogen-bond donors (Lipinski definition) is 2. The Labute approximate surface area is 219 Å². The first-order chi connectivity index (χ1) is 18.2. The van der Waals surface area contributed by atoms with Crippen LogP contribution in [0.5, 0.6) is 5.75 Å². The monoisotopic (exact) mass is 531 g/mol. The molecule has 2 aromatic carbocycles. The molecular weight excluding hydrogens is 499 g/mol. The molecule has 38 heavy (non-hydrogen) atoms. The van der Waals surface area contributed by atoms with Gasteiger partial charge in [0.15, 0.2) is 0 Å². The van der Waals surface area contributed by atoms with Crippen molar-refractivity contribution in [1.82, 2.24) is 20.4 Å². The molecular formula is C27H32F3N5O3. The molecule has 0 spiro atoms. The fourth-order valence-electron chi connectivity index (χ4n) is 5.21. The quantitative estimate of drug-likeness (QED) is 0.498. The number of carbonyl (C=O) groups is 1. The number of amides is 1. The number of aryl methyl sites for hydroxylation is 1. The standard InChI is InChI=1S/C27H32F3N5O3/c1-17-25-22(33-32-17)13-19(15-24(25)38-20-5-11-37-12-6-20)18-3-4-21(26(36)31-2)23(14-18)35-9-7-34(8-10-35)16-27(28,29)30/h3-4,13-15,20H,5-12,16H2,1-2H3,(H,31,36)(H,32,33). The van der Waals surface area contributed by atoms with Crippen molar-refractivity contribution in [3.8, 4) is 16.9 Å². The van der Waals surface area contributed by atoms with E-state index >= 15 is 0 Å². The second-order valence-electron chi connectivity index (χ2n) is 9.82. The summed E-state index contributed by atoms with van der Waals surface area (Å²) in [6.45, 7) is 3.64. The van der Waals surface area contributed by atoms with Crippen molar-refractivity contribution in [2.45, 2.75) is 32.0 Å². The van der Waals surface area contributed by atoms with E-state index in [0.717, 1.165) is 46.3 Å². The Bertz CT molecular complexity index is 1300. The second kappa shape index (κ2) is 10.8. The van der Waals surface area contributed by atoms with E-state index in [4.69, 9.17) is 9.47 Å². The average Bonchev–Trinajstić information content (AvgIpc) is 3.29. The summed E-state index contributed by atoms with van der Waals surface area (Å²) >= 11 is 0. The van der Waals surface area contributed by atoms with Crippen LogP contribution in [-0.2, 0) is 4.74 Å². The molecule has 0 bridgehead atoms. The van der Waals surface area contributed by atoms with Crippen LogP contribution in [0.25, 0.3) is 22.0 Å². The number of H-pyrrole nitrogens is 1.